The molecule has 0 unspecified atom stereocenters. The van der Waals surface area contributed by atoms with Crippen LogP contribution < -0.4 is 55.1 Å². The minimum atomic E-state index is -1.50. The zero-order chi connectivity index (χ0) is 48.3. The van der Waals surface area contributed by atoms with Crippen LogP contribution in [0.4, 0.5) is 0 Å². The number of carboxylic acid groups (broad SMARTS) is 5. The molecule has 0 aliphatic carbocycles. The molecule has 21 nitrogen and oxygen atoms in total. The van der Waals surface area contributed by atoms with Crippen LogP contribution in [-0.2, 0) is 46.4 Å². The molecule has 0 fully saturated rings. The van der Waals surface area contributed by atoms with Crippen LogP contribution in [0.1, 0.15) is 51.7 Å². The molecule has 0 aliphatic heterocycles. The molecule has 362 valence electrons. The van der Waals surface area contributed by atoms with Gasteiger partial charge in [-0.1, -0.05) is 27.7 Å². The highest BCUT2D eigenvalue weighted by Gasteiger charge is 2.17. The van der Waals surface area contributed by atoms with E-state index in [9.17, 15) is 59.1 Å². The summed E-state index contributed by atoms with van der Waals surface area (Å²) in [7, 11) is 0. The first-order chi connectivity index (χ1) is 30.8. The molecular formula is C44H60N5O16-5. The van der Waals surface area contributed by atoms with E-state index in [0.29, 0.717) is 60.2 Å². The van der Waals surface area contributed by atoms with Crippen LogP contribution in [0, 0.1) is 11.8 Å². The van der Waals surface area contributed by atoms with E-state index in [1.54, 1.807) is 36.4 Å². The van der Waals surface area contributed by atoms with Crippen molar-refractivity contribution >= 4 is 41.7 Å². The first kappa shape index (κ1) is 54.9. The average molecular weight is 915 g/mol. The van der Waals surface area contributed by atoms with Gasteiger partial charge in [0.05, 0.1) is 57.4 Å². The summed E-state index contributed by atoms with van der Waals surface area (Å²) < 4.78 is 22.8. The summed E-state index contributed by atoms with van der Waals surface area (Å²) in [6.07, 6.45) is -0.202. The molecule has 2 amide bonds. The lowest BCUT2D eigenvalue weighted by atomic mass is 10.1. The van der Waals surface area contributed by atoms with Crippen molar-refractivity contribution in [2.24, 2.45) is 11.8 Å². The molecule has 0 saturated carbocycles. The van der Waals surface area contributed by atoms with Gasteiger partial charge in [-0.05, 0) is 61.1 Å². The number of hydrogen-bond acceptors (Lipinski definition) is 19. The van der Waals surface area contributed by atoms with Crippen molar-refractivity contribution in [2.75, 3.05) is 98.4 Å². The molecule has 0 aromatic heterocycles. The number of ether oxygens (including phenoxy) is 4. The Bertz CT molecular complexity index is 1740. The molecule has 0 spiro atoms. The lowest BCUT2D eigenvalue weighted by Crippen LogP contribution is -2.50. The van der Waals surface area contributed by atoms with Crippen molar-refractivity contribution in [1.82, 2.24) is 25.3 Å². The predicted molar refractivity (Wildman–Crippen MR) is 222 cm³/mol. The normalized spacial score (nSPS) is 11.2. The number of amides is 2. The monoisotopic (exact) mass is 914 g/mol. The lowest BCUT2D eigenvalue weighted by Gasteiger charge is -2.30. The number of rotatable bonds is 36. The number of carboxylic acids is 5. The standard InChI is InChI=1S/C44H65N5O16/c1-30(2)28-64-34-7-9-36(32(19-34)21-40(52)53)62-17-5-11-45-38(50)23-48(26-43(58)59)15-13-47(25-42(56)57)14-16-49(27-44(60)61)24-39(51)46-12-6-18-63-37-10-8-35(65-29-31(3)4)20-33(37)22-41(54)55/h7-10,19-20,30-31H,5-6,11-18,21-29H2,1-4H3,(H,45,50)(H,46,51)(H,52,53)(H,54,55)(H,56,57)(H,58,59)(H,60,61)/p-5. The SMILES string of the molecule is CC(C)COc1ccc(OCCCNC(=O)CN(CCN(CCN(CC(=O)[O-])CC(=O)NCCCOc2ccc(OCC(C)C)cc2CC(=O)[O-])CC(=O)[O-])CC(=O)[O-])c(CC(=O)[O-])c1. The van der Waals surface area contributed by atoms with Crippen molar-refractivity contribution in [1.29, 1.82) is 0 Å². The van der Waals surface area contributed by atoms with Gasteiger partial charge in [-0.2, -0.15) is 0 Å². The van der Waals surface area contributed by atoms with Crippen LogP contribution in [0.15, 0.2) is 36.4 Å². The van der Waals surface area contributed by atoms with Gasteiger partial charge < -0.3 is 79.1 Å². The molecule has 0 atom stereocenters. The van der Waals surface area contributed by atoms with E-state index >= 15 is 0 Å². The van der Waals surface area contributed by atoms with E-state index in [1.165, 1.54) is 14.7 Å². The smallest absolute Gasteiger partial charge is 0.234 e. The summed E-state index contributed by atoms with van der Waals surface area (Å²) >= 11 is 0. The molecule has 0 radical (unpaired) electrons. The Morgan fingerprint density at radius 1 is 0.492 bits per heavy atom. The van der Waals surface area contributed by atoms with E-state index in [4.69, 9.17) is 18.9 Å². The molecule has 2 rings (SSSR count). The second-order valence-corrected chi connectivity index (χ2v) is 16.0. The molecular weight excluding hydrogens is 855 g/mol. The average Bonchev–Trinajstić information content (AvgIpc) is 3.20. The summed E-state index contributed by atoms with van der Waals surface area (Å²) in [6, 6.07) is 9.60. The molecule has 0 saturated heterocycles. The van der Waals surface area contributed by atoms with Gasteiger partial charge in [-0.15, -0.1) is 0 Å². The van der Waals surface area contributed by atoms with Gasteiger partial charge in [-0.25, -0.2) is 0 Å². The predicted octanol–water partition coefficient (Wildman–Crippen LogP) is -5.03. The van der Waals surface area contributed by atoms with E-state index < -0.39 is 87.2 Å². The van der Waals surface area contributed by atoms with Crippen LogP contribution in [-0.4, -0.2) is 155 Å². The fourth-order valence-electron chi connectivity index (χ4n) is 5.98. The first-order valence-electron chi connectivity index (χ1n) is 21.3. The summed E-state index contributed by atoms with van der Waals surface area (Å²) in [4.78, 5) is 86.5. The highest BCUT2D eigenvalue weighted by atomic mass is 16.5. The Kier molecular flexibility index (Phi) is 25.4. The summed E-state index contributed by atoms with van der Waals surface area (Å²) in [5.74, 6) is -6.10. The number of carbonyl (C=O) groups is 7. The number of nitrogens with one attached hydrogen (secondary N) is 2. The zero-order valence-corrected chi connectivity index (χ0v) is 37.4. The maximum absolute atomic E-state index is 12.8. The number of carbonyl (C=O) groups excluding carboxylic acids is 7. The van der Waals surface area contributed by atoms with Gasteiger partial charge in [0.1, 0.15) is 23.0 Å². The maximum Gasteiger partial charge on any atom is 0.234 e. The summed E-state index contributed by atoms with van der Waals surface area (Å²) in [5, 5.41) is 62.5. The van der Waals surface area contributed by atoms with Crippen molar-refractivity contribution in [3.8, 4) is 23.0 Å². The number of hydrogen-bond donors (Lipinski definition) is 2. The number of aliphatic carboxylic acids is 5. The van der Waals surface area contributed by atoms with Gasteiger partial charge >= 0.3 is 0 Å². The molecule has 0 heterocycles. The van der Waals surface area contributed by atoms with Gasteiger partial charge in [0.2, 0.25) is 11.8 Å². The van der Waals surface area contributed by atoms with Crippen LogP contribution in [0.5, 0.6) is 23.0 Å². The molecule has 65 heavy (non-hydrogen) atoms. The van der Waals surface area contributed by atoms with Gasteiger partial charge in [0.25, 0.3) is 0 Å². The second-order valence-electron chi connectivity index (χ2n) is 16.0. The third-order valence-corrected chi connectivity index (χ3v) is 8.96. The first-order valence-corrected chi connectivity index (χ1v) is 21.3. The topological polar surface area (TPSA) is 305 Å². The van der Waals surface area contributed by atoms with Crippen LogP contribution in [0.25, 0.3) is 0 Å². The summed E-state index contributed by atoms with van der Waals surface area (Å²) in [6.45, 7) is 5.99. The fraction of sp³-hybridized carbons (Fsp3) is 0.568. The third-order valence-electron chi connectivity index (χ3n) is 8.96. The van der Waals surface area contributed by atoms with Crippen molar-refractivity contribution in [3.63, 3.8) is 0 Å². The quantitative estimate of drug-likeness (QED) is 0.0605. The largest absolute Gasteiger partial charge is 0.550 e. The Morgan fingerprint density at radius 2 is 0.846 bits per heavy atom. The highest BCUT2D eigenvalue weighted by Crippen LogP contribution is 2.26. The fourth-order valence-corrected chi connectivity index (χ4v) is 5.98. The molecule has 2 aromatic rings. The van der Waals surface area contributed by atoms with Crippen LogP contribution >= 0.6 is 0 Å². The van der Waals surface area contributed by atoms with E-state index in [0.717, 1.165) is 0 Å². The van der Waals surface area contributed by atoms with Crippen molar-refractivity contribution in [3.05, 3.63) is 47.5 Å². The summed E-state index contributed by atoms with van der Waals surface area (Å²) in [5.41, 5.74) is 0.710. The molecule has 0 aliphatic rings. The molecule has 21 heteroatoms. The lowest BCUT2D eigenvalue weighted by molar-refractivity contribution is -0.308. The Hall–Kier alpha value is -6.19. The molecule has 2 aromatic carbocycles. The Labute approximate surface area is 378 Å². The van der Waals surface area contributed by atoms with Crippen molar-refractivity contribution in [2.45, 2.75) is 53.4 Å². The number of nitrogens with zero attached hydrogens (tertiary/aromatic N) is 3. The third kappa shape index (κ3) is 25.6. The van der Waals surface area contributed by atoms with E-state index in [1.807, 2.05) is 27.7 Å². The van der Waals surface area contributed by atoms with Gasteiger partial charge in [0, 0.05) is 94.8 Å². The van der Waals surface area contributed by atoms with Crippen LogP contribution in [0.2, 0.25) is 0 Å². The second kappa shape index (κ2) is 30.0. The molecule has 2 N–H and O–H groups in total. The van der Waals surface area contributed by atoms with Crippen molar-refractivity contribution < 1.29 is 78.0 Å². The van der Waals surface area contributed by atoms with Gasteiger partial charge in [0.15, 0.2) is 0 Å². The highest BCUT2D eigenvalue weighted by molar-refractivity contribution is 5.79. The zero-order valence-electron chi connectivity index (χ0n) is 37.4. The van der Waals surface area contributed by atoms with E-state index in [-0.39, 0.29) is 64.3 Å². The minimum Gasteiger partial charge on any atom is -0.550 e. The van der Waals surface area contributed by atoms with E-state index in [2.05, 4.69) is 10.6 Å². The number of benzene rings is 2. The molecule has 0 bridgehead atoms. The van der Waals surface area contributed by atoms with Crippen LogP contribution in [0.3, 0.4) is 0 Å². The maximum atomic E-state index is 12.8. The van der Waals surface area contributed by atoms with Gasteiger partial charge in [-0.3, -0.25) is 24.3 Å². The minimum absolute atomic E-state index is 0.0956. The Morgan fingerprint density at radius 3 is 1.18 bits per heavy atom. The Balaban J connectivity index is 1.88.